The Morgan fingerprint density at radius 3 is 2.42 bits per heavy atom. The van der Waals surface area contributed by atoms with Gasteiger partial charge in [0.05, 0.1) is 36.0 Å². The monoisotopic (exact) mass is 574 g/mol. The van der Waals surface area contributed by atoms with Crippen LogP contribution in [0.15, 0.2) is 85.1 Å². The second-order valence-electron chi connectivity index (χ2n) is 12.1. The van der Waals surface area contributed by atoms with Crippen LogP contribution in [-0.4, -0.2) is 52.0 Å². The fraction of sp³-hybridized carbons (Fsp3) is 0.286. The maximum Gasteiger partial charge on any atom is 0.324 e. The van der Waals surface area contributed by atoms with Crippen molar-refractivity contribution in [2.75, 3.05) is 36.9 Å². The molecular weight excluding hydrogens is 536 g/mol. The molecule has 0 radical (unpaired) electrons. The summed E-state index contributed by atoms with van der Waals surface area (Å²) >= 11 is 0. The van der Waals surface area contributed by atoms with E-state index in [9.17, 15) is 4.79 Å². The summed E-state index contributed by atoms with van der Waals surface area (Å²) < 4.78 is 7.27. The van der Waals surface area contributed by atoms with Gasteiger partial charge in [-0.2, -0.15) is 5.10 Å². The molecule has 6 rings (SSSR count). The Morgan fingerprint density at radius 1 is 0.930 bits per heavy atom. The highest BCUT2D eigenvalue weighted by Gasteiger charge is 2.22. The Balaban J connectivity index is 1.30. The van der Waals surface area contributed by atoms with E-state index in [1.54, 1.807) is 4.68 Å². The van der Waals surface area contributed by atoms with Crippen molar-refractivity contribution >= 4 is 28.3 Å². The van der Waals surface area contributed by atoms with Gasteiger partial charge in [-0.05, 0) is 47.5 Å². The van der Waals surface area contributed by atoms with Crippen molar-refractivity contribution in [1.82, 2.24) is 19.7 Å². The quantitative estimate of drug-likeness (QED) is 0.225. The predicted molar refractivity (Wildman–Crippen MR) is 173 cm³/mol. The second-order valence-corrected chi connectivity index (χ2v) is 12.1. The van der Waals surface area contributed by atoms with Crippen LogP contribution in [0.25, 0.3) is 27.7 Å². The smallest absolute Gasteiger partial charge is 0.324 e. The Hall–Kier alpha value is -4.53. The first kappa shape index (κ1) is 28.6. The normalized spacial score (nSPS) is 14.1. The van der Waals surface area contributed by atoms with Crippen LogP contribution in [0.3, 0.4) is 0 Å². The summed E-state index contributed by atoms with van der Waals surface area (Å²) in [6.45, 7) is 12.6. The molecule has 0 unspecified atom stereocenters. The molecular formula is C35H38N6O2. The number of hydrogen-bond acceptors (Lipinski definition) is 5. The van der Waals surface area contributed by atoms with E-state index in [2.05, 4.69) is 54.5 Å². The number of carbonyl (C=O) groups is 1. The van der Waals surface area contributed by atoms with Crippen molar-refractivity contribution < 1.29 is 9.53 Å². The van der Waals surface area contributed by atoms with Crippen molar-refractivity contribution in [2.45, 2.75) is 39.7 Å². The first-order valence-corrected chi connectivity index (χ1v) is 14.8. The highest BCUT2D eigenvalue weighted by atomic mass is 16.5. The fourth-order valence-electron chi connectivity index (χ4n) is 5.32. The lowest BCUT2D eigenvalue weighted by molar-refractivity contribution is 0.0341. The zero-order chi connectivity index (χ0) is 30.0. The van der Waals surface area contributed by atoms with Gasteiger partial charge in [-0.15, -0.1) is 0 Å². The fourth-order valence-corrected chi connectivity index (χ4v) is 5.32. The molecule has 2 aromatic heterocycles. The lowest BCUT2D eigenvalue weighted by atomic mass is 9.92. The van der Waals surface area contributed by atoms with Crippen LogP contribution in [0, 0.1) is 6.92 Å². The number of fused-ring (bicyclic) bond motifs is 1. The van der Waals surface area contributed by atoms with E-state index in [0.717, 1.165) is 77.4 Å². The van der Waals surface area contributed by atoms with E-state index in [4.69, 9.17) is 14.8 Å². The van der Waals surface area contributed by atoms with Gasteiger partial charge in [0.25, 0.3) is 0 Å². The highest BCUT2D eigenvalue weighted by Crippen LogP contribution is 2.35. The van der Waals surface area contributed by atoms with Crippen LogP contribution >= 0.6 is 0 Å². The van der Waals surface area contributed by atoms with E-state index in [-0.39, 0.29) is 11.4 Å². The van der Waals surface area contributed by atoms with Crippen LogP contribution in [0.4, 0.5) is 16.3 Å². The number of rotatable bonds is 6. The minimum absolute atomic E-state index is 0.187. The number of aromatic nitrogens is 3. The Kier molecular flexibility index (Phi) is 7.97. The molecule has 2 amide bonds. The summed E-state index contributed by atoms with van der Waals surface area (Å²) in [5.41, 5.74) is 6.25. The number of morpholine rings is 1. The molecule has 3 aromatic carbocycles. The number of carbonyl (C=O) groups excluding carboxylic acids is 1. The number of benzene rings is 3. The van der Waals surface area contributed by atoms with Gasteiger partial charge in [0.15, 0.2) is 0 Å². The number of amides is 2. The molecule has 8 heteroatoms. The molecule has 0 bridgehead atoms. The summed E-state index contributed by atoms with van der Waals surface area (Å²) in [6, 6.07) is 26.0. The molecule has 1 aliphatic heterocycles. The first-order chi connectivity index (χ1) is 20.7. The van der Waals surface area contributed by atoms with Crippen LogP contribution in [0.1, 0.15) is 37.6 Å². The highest BCUT2D eigenvalue weighted by molar-refractivity contribution is 6.08. The molecule has 2 N–H and O–H groups in total. The summed E-state index contributed by atoms with van der Waals surface area (Å²) in [4.78, 5) is 20.8. The lowest BCUT2D eigenvalue weighted by Crippen LogP contribution is -2.35. The van der Waals surface area contributed by atoms with Crippen molar-refractivity contribution in [3.05, 3.63) is 102 Å². The number of aryl methyl sites for hydroxylation is 1. The predicted octanol–water partition coefficient (Wildman–Crippen LogP) is 7.17. The molecule has 1 fully saturated rings. The third-order valence-corrected chi connectivity index (χ3v) is 7.77. The van der Waals surface area contributed by atoms with Crippen LogP contribution < -0.4 is 10.6 Å². The molecule has 220 valence electrons. The Labute approximate surface area is 252 Å². The van der Waals surface area contributed by atoms with E-state index in [1.807, 2.05) is 73.8 Å². The summed E-state index contributed by atoms with van der Waals surface area (Å²) in [5, 5.41) is 13.1. The van der Waals surface area contributed by atoms with E-state index >= 15 is 0 Å². The van der Waals surface area contributed by atoms with Crippen LogP contribution in [-0.2, 0) is 16.7 Å². The maximum atomic E-state index is 13.6. The molecule has 1 saturated heterocycles. The van der Waals surface area contributed by atoms with Gasteiger partial charge in [-0.1, -0.05) is 74.9 Å². The van der Waals surface area contributed by atoms with E-state index in [0.29, 0.717) is 11.5 Å². The number of ether oxygens (including phenoxy) is 1. The number of pyridine rings is 1. The summed E-state index contributed by atoms with van der Waals surface area (Å²) in [6.07, 6.45) is 1.94. The zero-order valence-electron chi connectivity index (χ0n) is 25.2. The minimum Gasteiger partial charge on any atom is -0.379 e. The first-order valence-electron chi connectivity index (χ1n) is 14.8. The van der Waals surface area contributed by atoms with Crippen molar-refractivity contribution in [2.24, 2.45) is 0 Å². The average Bonchev–Trinajstić information content (AvgIpc) is 3.43. The minimum atomic E-state index is -0.353. The van der Waals surface area contributed by atoms with Crippen LogP contribution in [0.5, 0.6) is 0 Å². The van der Waals surface area contributed by atoms with Gasteiger partial charge >= 0.3 is 6.03 Å². The standard InChI is InChI=1S/C35H38N6O2/c1-24-9-13-27(14-10-24)41-32(21-31(39-41)35(2,3)4)38-34(42)37-30-16-12-26-7-5-6-8-28(26)33(30)29-15-11-25(22-36-29)23-40-17-19-43-20-18-40/h5-16,21-22H,17-20,23H2,1-4H3,(H2,37,38,42). The van der Waals surface area contributed by atoms with Crippen molar-refractivity contribution in [1.29, 1.82) is 0 Å². The van der Waals surface area contributed by atoms with E-state index < -0.39 is 0 Å². The van der Waals surface area contributed by atoms with Gasteiger partial charge in [0, 0.05) is 42.9 Å². The Bertz CT molecular complexity index is 1730. The lowest BCUT2D eigenvalue weighted by Gasteiger charge is -2.26. The maximum absolute atomic E-state index is 13.6. The molecule has 0 saturated carbocycles. The topological polar surface area (TPSA) is 84.3 Å². The van der Waals surface area contributed by atoms with Gasteiger partial charge in [0.2, 0.25) is 0 Å². The Morgan fingerprint density at radius 2 is 1.70 bits per heavy atom. The number of hydrogen-bond donors (Lipinski definition) is 2. The molecule has 8 nitrogen and oxygen atoms in total. The average molecular weight is 575 g/mol. The molecule has 3 heterocycles. The molecule has 0 atom stereocenters. The van der Waals surface area contributed by atoms with Crippen molar-refractivity contribution in [3.63, 3.8) is 0 Å². The van der Waals surface area contributed by atoms with Crippen molar-refractivity contribution in [3.8, 4) is 16.9 Å². The molecule has 0 aliphatic carbocycles. The molecule has 0 spiro atoms. The van der Waals surface area contributed by atoms with E-state index in [1.165, 1.54) is 0 Å². The number of anilines is 2. The largest absolute Gasteiger partial charge is 0.379 e. The molecule has 5 aromatic rings. The van der Waals surface area contributed by atoms with Gasteiger partial charge < -0.3 is 10.1 Å². The summed E-state index contributed by atoms with van der Waals surface area (Å²) in [7, 11) is 0. The SMILES string of the molecule is Cc1ccc(-n2nc(C(C)(C)C)cc2NC(=O)Nc2ccc3ccccc3c2-c2ccc(CN3CCOCC3)cn2)cc1. The molecule has 43 heavy (non-hydrogen) atoms. The number of nitrogens with zero attached hydrogens (tertiary/aromatic N) is 4. The zero-order valence-corrected chi connectivity index (χ0v) is 25.2. The van der Waals surface area contributed by atoms with Crippen LogP contribution in [0.2, 0.25) is 0 Å². The third kappa shape index (κ3) is 6.45. The van der Waals surface area contributed by atoms with Gasteiger partial charge in [-0.3, -0.25) is 15.2 Å². The van der Waals surface area contributed by atoms with Gasteiger partial charge in [0.1, 0.15) is 5.82 Å². The molecule has 1 aliphatic rings. The second kappa shape index (κ2) is 12.0. The third-order valence-electron chi connectivity index (χ3n) is 7.77. The van der Waals surface area contributed by atoms with Gasteiger partial charge in [-0.25, -0.2) is 9.48 Å². The summed E-state index contributed by atoms with van der Waals surface area (Å²) in [5.74, 6) is 0.596. The number of nitrogens with one attached hydrogen (secondary N) is 2. The number of urea groups is 1.